The Bertz CT molecular complexity index is 614. The fraction of sp³-hybridized carbons (Fsp3) is 0.529. The number of thiophene rings is 2. The Morgan fingerprint density at radius 3 is 2.86 bits per heavy atom. The zero-order valence-corrected chi connectivity index (χ0v) is 14.4. The van der Waals surface area contributed by atoms with Crippen molar-refractivity contribution in [2.24, 2.45) is 0 Å². The van der Waals surface area contributed by atoms with E-state index in [-0.39, 0.29) is 11.9 Å². The molecule has 0 N–H and O–H groups in total. The molecule has 3 nitrogen and oxygen atoms in total. The van der Waals surface area contributed by atoms with Crippen molar-refractivity contribution in [3.8, 4) is 0 Å². The predicted octanol–water partition coefficient (Wildman–Crippen LogP) is 3.85. The Hall–Kier alpha value is -0.720. The normalized spacial score (nSPS) is 24.5. The number of methoxy groups -OCH3 is 1. The molecule has 0 aromatic carbocycles. The van der Waals surface area contributed by atoms with Crippen LogP contribution in [-0.4, -0.2) is 31.4 Å². The van der Waals surface area contributed by atoms with Gasteiger partial charge in [0.1, 0.15) is 0 Å². The summed E-state index contributed by atoms with van der Waals surface area (Å²) in [5.74, 6) is 0. The highest BCUT2D eigenvalue weighted by Gasteiger charge is 2.44. The Labute approximate surface area is 139 Å². The van der Waals surface area contributed by atoms with Crippen LogP contribution in [0.4, 0.5) is 0 Å². The van der Waals surface area contributed by atoms with Crippen LogP contribution in [0.3, 0.4) is 0 Å². The third kappa shape index (κ3) is 2.65. The van der Waals surface area contributed by atoms with Crippen LogP contribution in [0.2, 0.25) is 0 Å². The fourth-order valence-electron chi connectivity index (χ4n) is 3.63. The van der Waals surface area contributed by atoms with Crippen molar-refractivity contribution in [2.45, 2.75) is 37.7 Å². The Morgan fingerprint density at radius 1 is 1.27 bits per heavy atom. The first kappa shape index (κ1) is 14.8. The predicted molar refractivity (Wildman–Crippen MR) is 90.4 cm³/mol. The molecule has 1 spiro atoms. The lowest BCUT2D eigenvalue weighted by molar-refractivity contribution is -0.226. The zero-order valence-electron chi connectivity index (χ0n) is 12.8. The van der Waals surface area contributed by atoms with Crippen LogP contribution >= 0.6 is 22.7 Å². The highest BCUT2D eigenvalue weighted by atomic mass is 32.1. The van der Waals surface area contributed by atoms with Gasteiger partial charge in [-0.25, -0.2) is 0 Å². The van der Waals surface area contributed by atoms with E-state index in [2.05, 4.69) is 33.9 Å². The van der Waals surface area contributed by atoms with Gasteiger partial charge in [0.15, 0.2) is 6.29 Å². The maximum atomic E-state index is 6.39. The lowest BCUT2D eigenvalue weighted by Gasteiger charge is -2.46. The second-order valence-corrected chi connectivity index (χ2v) is 8.13. The molecule has 22 heavy (non-hydrogen) atoms. The van der Waals surface area contributed by atoms with Crippen molar-refractivity contribution in [3.05, 3.63) is 44.3 Å². The molecule has 2 aromatic rings. The molecular formula is C17H21NO2S2. The van der Waals surface area contributed by atoms with E-state index in [9.17, 15) is 0 Å². The van der Waals surface area contributed by atoms with Gasteiger partial charge in [0, 0.05) is 42.9 Å². The Morgan fingerprint density at radius 2 is 2.14 bits per heavy atom. The number of rotatable bonds is 3. The smallest absolute Gasteiger partial charge is 0.163 e. The molecule has 118 valence electrons. The molecule has 4 rings (SSSR count). The Kier molecular flexibility index (Phi) is 4.09. The van der Waals surface area contributed by atoms with Gasteiger partial charge in [-0.1, -0.05) is 6.07 Å². The highest BCUT2D eigenvalue weighted by Crippen LogP contribution is 2.45. The van der Waals surface area contributed by atoms with Gasteiger partial charge in [0.05, 0.1) is 5.60 Å². The van der Waals surface area contributed by atoms with Crippen LogP contribution in [-0.2, 0) is 28.0 Å². The van der Waals surface area contributed by atoms with E-state index in [1.54, 1.807) is 7.11 Å². The van der Waals surface area contributed by atoms with E-state index < -0.39 is 0 Å². The molecule has 0 saturated carbocycles. The molecule has 1 unspecified atom stereocenters. The SMILES string of the molecule is COC1Cc2sccc2C2(CCN(Cc3cccs3)CC2)O1. The van der Waals surface area contributed by atoms with Gasteiger partial charge in [-0.05, 0) is 41.3 Å². The fourth-order valence-corrected chi connectivity index (χ4v) is 5.35. The van der Waals surface area contributed by atoms with E-state index in [0.717, 1.165) is 38.9 Å². The molecule has 1 saturated heterocycles. The van der Waals surface area contributed by atoms with Crippen LogP contribution in [0, 0.1) is 0 Å². The summed E-state index contributed by atoms with van der Waals surface area (Å²) >= 11 is 3.69. The minimum atomic E-state index is -0.125. The topological polar surface area (TPSA) is 21.7 Å². The first-order chi connectivity index (χ1) is 10.8. The standard InChI is InChI=1S/C17H21NO2S2/c1-19-16-11-15-14(4-10-22-15)17(20-16)5-7-18(8-6-17)12-13-3-2-9-21-13/h2-4,9-10,16H,5-8,11-12H2,1H3. The number of hydrogen-bond acceptors (Lipinski definition) is 5. The van der Waals surface area contributed by atoms with Crippen molar-refractivity contribution in [2.75, 3.05) is 20.2 Å². The van der Waals surface area contributed by atoms with Crippen LogP contribution in [0.25, 0.3) is 0 Å². The number of likely N-dealkylation sites (tertiary alicyclic amines) is 1. The molecule has 0 amide bonds. The molecule has 0 bridgehead atoms. The van der Waals surface area contributed by atoms with E-state index in [4.69, 9.17) is 9.47 Å². The van der Waals surface area contributed by atoms with Crippen molar-refractivity contribution >= 4 is 22.7 Å². The maximum absolute atomic E-state index is 6.39. The molecule has 1 atom stereocenters. The molecule has 1 fully saturated rings. The number of piperidine rings is 1. The summed E-state index contributed by atoms with van der Waals surface area (Å²) in [5, 5.41) is 4.36. The highest BCUT2D eigenvalue weighted by molar-refractivity contribution is 7.10. The zero-order chi connectivity index (χ0) is 15.0. The first-order valence-corrected chi connectivity index (χ1v) is 9.57. The molecule has 2 aromatic heterocycles. The van der Waals surface area contributed by atoms with Gasteiger partial charge in [-0.3, -0.25) is 4.90 Å². The number of fused-ring (bicyclic) bond motifs is 2. The van der Waals surface area contributed by atoms with Crippen LogP contribution in [0.15, 0.2) is 29.0 Å². The number of ether oxygens (including phenoxy) is 2. The largest absolute Gasteiger partial charge is 0.355 e. The van der Waals surface area contributed by atoms with Crippen LogP contribution in [0.5, 0.6) is 0 Å². The monoisotopic (exact) mass is 335 g/mol. The van der Waals surface area contributed by atoms with Gasteiger partial charge in [0.2, 0.25) is 0 Å². The summed E-state index contributed by atoms with van der Waals surface area (Å²) < 4.78 is 11.9. The summed E-state index contributed by atoms with van der Waals surface area (Å²) in [6, 6.07) is 6.63. The number of nitrogens with zero attached hydrogens (tertiary/aromatic N) is 1. The second kappa shape index (κ2) is 6.06. The van der Waals surface area contributed by atoms with Crippen molar-refractivity contribution in [1.29, 1.82) is 0 Å². The maximum Gasteiger partial charge on any atom is 0.163 e. The third-order valence-electron chi connectivity index (χ3n) is 4.83. The average Bonchev–Trinajstić information content (AvgIpc) is 3.21. The lowest BCUT2D eigenvalue weighted by atomic mass is 9.82. The quantitative estimate of drug-likeness (QED) is 0.850. The van der Waals surface area contributed by atoms with E-state index in [1.807, 2.05) is 22.7 Å². The van der Waals surface area contributed by atoms with E-state index in [0.29, 0.717) is 0 Å². The van der Waals surface area contributed by atoms with Crippen molar-refractivity contribution in [1.82, 2.24) is 4.90 Å². The average molecular weight is 335 g/mol. The minimum absolute atomic E-state index is 0.0880. The molecule has 0 radical (unpaired) electrons. The molecule has 4 heterocycles. The summed E-state index contributed by atoms with van der Waals surface area (Å²) in [6.07, 6.45) is 2.92. The van der Waals surface area contributed by atoms with Crippen LogP contribution < -0.4 is 0 Å². The lowest BCUT2D eigenvalue weighted by Crippen LogP contribution is -2.48. The first-order valence-electron chi connectivity index (χ1n) is 7.81. The van der Waals surface area contributed by atoms with Crippen LogP contribution in [0.1, 0.15) is 28.2 Å². The Balaban J connectivity index is 1.50. The molecule has 2 aliphatic heterocycles. The van der Waals surface area contributed by atoms with Gasteiger partial charge in [0.25, 0.3) is 0 Å². The van der Waals surface area contributed by atoms with Crippen molar-refractivity contribution < 1.29 is 9.47 Å². The van der Waals surface area contributed by atoms with Gasteiger partial charge >= 0.3 is 0 Å². The summed E-state index contributed by atoms with van der Waals surface area (Å²) in [5.41, 5.74) is 1.29. The molecule has 5 heteroatoms. The minimum Gasteiger partial charge on any atom is -0.355 e. The number of hydrogen-bond donors (Lipinski definition) is 0. The van der Waals surface area contributed by atoms with Gasteiger partial charge in [-0.2, -0.15) is 0 Å². The summed E-state index contributed by atoms with van der Waals surface area (Å²) in [6.45, 7) is 3.24. The second-order valence-electron chi connectivity index (χ2n) is 6.09. The van der Waals surface area contributed by atoms with Gasteiger partial charge in [-0.15, -0.1) is 22.7 Å². The summed E-state index contributed by atoms with van der Waals surface area (Å²) in [7, 11) is 1.75. The van der Waals surface area contributed by atoms with E-state index >= 15 is 0 Å². The van der Waals surface area contributed by atoms with Gasteiger partial charge < -0.3 is 9.47 Å². The molecular weight excluding hydrogens is 314 g/mol. The third-order valence-corrected chi connectivity index (χ3v) is 6.64. The molecule has 2 aliphatic rings. The van der Waals surface area contributed by atoms with E-state index in [1.165, 1.54) is 15.3 Å². The summed E-state index contributed by atoms with van der Waals surface area (Å²) in [4.78, 5) is 5.44. The van der Waals surface area contributed by atoms with Crippen molar-refractivity contribution in [3.63, 3.8) is 0 Å². The molecule has 0 aliphatic carbocycles.